The number of carbonyl (C=O) groups excluding carboxylic acids is 3. The van der Waals surface area contributed by atoms with Gasteiger partial charge in [-0.3, -0.25) is 14.4 Å². The molecule has 0 bridgehead atoms. The molecule has 0 saturated heterocycles. The van der Waals surface area contributed by atoms with Gasteiger partial charge in [0.2, 0.25) is 6.29 Å². The average Bonchev–Trinajstić information content (AvgIpc) is 3.21. The van der Waals surface area contributed by atoms with Gasteiger partial charge >= 0.3 is 11.9 Å². The van der Waals surface area contributed by atoms with E-state index in [0.717, 1.165) is 0 Å². The molecule has 1 aliphatic rings. The van der Waals surface area contributed by atoms with Crippen LogP contribution in [0.4, 0.5) is 0 Å². The van der Waals surface area contributed by atoms with E-state index in [-0.39, 0.29) is 5.78 Å². The first-order valence-electron chi connectivity index (χ1n) is 7.75. The van der Waals surface area contributed by atoms with Crippen LogP contribution in [0.3, 0.4) is 0 Å². The number of carbonyl (C=O) groups is 3. The molecule has 1 aliphatic carbocycles. The zero-order valence-electron chi connectivity index (χ0n) is 13.9. The Morgan fingerprint density at radius 2 is 2.00 bits per heavy atom. The number of halogens is 1. The number of oxazole rings is 1. The van der Waals surface area contributed by atoms with Crippen LogP contribution in [0, 0.1) is 18.8 Å². The van der Waals surface area contributed by atoms with Crippen LogP contribution in [-0.4, -0.2) is 29.0 Å². The van der Waals surface area contributed by atoms with Crippen LogP contribution >= 0.6 is 11.6 Å². The predicted octanol–water partition coefficient (Wildman–Crippen LogP) is 3.06. The van der Waals surface area contributed by atoms with E-state index in [9.17, 15) is 14.4 Å². The second-order valence-corrected chi connectivity index (χ2v) is 6.37. The minimum Gasteiger partial charge on any atom is -0.439 e. The van der Waals surface area contributed by atoms with E-state index in [4.69, 9.17) is 25.5 Å². The third kappa shape index (κ3) is 3.66. The van der Waals surface area contributed by atoms with E-state index in [0.29, 0.717) is 34.0 Å². The first kappa shape index (κ1) is 17.4. The van der Waals surface area contributed by atoms with Crippen molar-refractivity contribution in [1.29, 1.82) is 0 Å². The van der Waals surface area contributed by atoms with E-state index in [1.54, 1.807) is 13.0 Å². The van der Waals surface area contributed by atoms with Crippen molar-refractivity contribution in [2.75, 3.05) is 0 Å². The van der Waals surface area contributed by atoms with Gasteiger partial charge < -0.3 is 13.9 Å². The van der Waals surface area contributed by atoms with Gasteiger partial charge in [0.25, 0.3) is 0 Å². The molecule has 25 heavy (non-hydrogen) atoms. The van der Waals surface area contributed by atoms with Crippen molar-refractivity contribution in [3.05, 3.63) is 28.6 Å². The Morgan fingerprint density at radius 3 is 2.68 bits per heavy atom. The number of hydrogen-bond acceptors (Lipinski definition) is 7. The highest BCUT2D eigenvalue weighted by molar-refractivity contribution is 6.35. The molecule has 7 nitrogen and oxygen atoms in total. The molecule has 0 amide bonds. The van der Waals surface area contributed by atoms with E-state index in [1.807, 2.05) is 0 Å². The van der Waals surface area contributed by atoms with Crippen LogP contribution in [0.5, 0.6) is 0 Å². The number of Topliss-reactive ketones (excluding diaryl/α,β-unsaturated/α-hetero) is 1. The van der Waals surface area contributed by atoms with Gasteiger partial charge in [0.1, 0.15) is 5.52 Å². The van der Waals surface area contributed by atoms with E-state index >= 15 is 0 Å². The highest BCUT2D eigenvalue weighted by Crippen LogP contribution is 2.43. The lowest BCUT2D eigenvalue weighted by atomic mass is 10.1. The fraction of sp³-hybridized carbons (Fsp3) is 0.412. The van der Waals surface area contributed by atoms with Crippen molar-refractivity contribution in [2.24, 2.45) is 11.8 Å². The van der Waals surface area contributed by atoms with Gasteiger partial charge in [-0.25, -0.2) is 4.98 Å². The summed E-state index contributed by atoms with van der Waals surface area (Å²) in [6, 6.07) is 3.11. The van der Waals surface area contributed by atoms with Crippen molar-refractivity contribution in [3.63, 3.8) is 0 Å². The average molecular weight is 366 g/mol. The minimum atomic E-state index is -0.981. The molecule has 0 N–H and O–H groups in total. The maximum Gasteiger partial charge on any atom is 0.312 e. The van der Waals surface area contributed by atoms with Crippen molar-refractivity contribution in [1.82, 2.24) is 4.98 Å². The molecular formula is C17H16ClNO6. The third-order valence-electron chi connectivity index (χ3n) is 3.88. The van der Waals surface area contributed by atoms with E-state index in [2.05, 4.69) is 4.98 Å². The van der Waals surface area contributed by atoms with E-state index < -0.39 is 30.1 Å². The molecule has 1 aromatic heterocycles. The normalized spacial score (nSPS) is 20.2. The lowest BCUT2D eigenvalue weighted by Gasteiger charge is -2.12. The molecule has 132 valence electrons. The Balaban J connectivity index is 1.69. The monoisotopic (exact) mass is 365 g/mol. The Labute approximate surface area is 148 Å². The molecule has 1 unspecified atom stereocenters. The summed E-state index contributed by atoms with van der Waals surface area (Å²) in [7, 11) is 0. The number of ether oxygens (including phenoxy) is 2. The number of fused-ring (bicyclic) bond motifs is 1. The highest BCUT2D eigenvalue weighted by Gasteiger charge is 2.49. The van der Waals surface area contributed by atoms with Crippen LogP contribution in [-0.2, 0) is 19.1 Å². The fourth-order valence-electron chi connectivity index (χ4n) is 2.71. The standard InChI is InChI=1S/C17H16ClNO6/c1-7-19-14-5-10(4-13(18)16(14)23-7)15(21)11-6-12(11)17(22)25-9(3)24-8(2)20/h4-5,9,11-12H,6H2,1-3H3/t9?,11-,12-/m0/s1. The Kier molecular flexibility index (Phi) is 4.51. The SMILES string of the molecule is CC(=O)OC(C)OC(=O)[C@H]1C[C@@H]1C(=O)c1cc(Cl)c2oc(C)nc2c1. The van der Waals surface area contributed by atoms with Gasteiger partial charge in [-0.05, 0) is 18.6 Å². The number of esters is 2. The quantitative estimate of drug-likeness (QED) is 0.456. The molecule has 0 spiro atoms. The first-order valence-corrected chi connectivity index (χ1v) is 8.12. The maximum absolute atomic E-state index is 12.6. The zero-order valence-corrected chi connectivity index (χ0v) is 14.6. The Bertz CT molecular complexity index is 873. The van der Waals surface area contributed by atoms with Crippen LogP contribution < -0.4 is 0 Å². The molecule has 3 rings (SSSR count). The van der Waals surface area contributed by atoms with Crippen LogP contribution in [0.2, 0.25) is 5.02 Å². The summed E-state index contributed by atoms with van der Waals surface area (Å²) in [5.41, 5.74) is 1.30. The molecule has 3 atom stereocenters. The van der Waals surface area contributed by atoms with Gasteiger partial charge in [-0.2, -0.15) is 0 Å². The topological polar surface area (TPSA) is 95.7 Å². The van der Waals surface area contributed by atoms with Crippen molar-refractivity contribution in [2.45, 2.75) is 33.5 Å². The van der Waals surface area contributed by atoms with Gasteiger partial charge in [0.05, 0.1) is 10.9 Å². The van der Waals surface area contributed by atoms with Gasteiger partial charge in [-0.1, -0.05) is 11.6 Å². The summed E-state index contributed by atoms with van der Waals surface area (Å²) in [5, 5.41) is 0.296. The molecule has 1 aromatic carbocycles. The lowest BCUT2D eigenvalue weighted by molar-refractivity contribution is -0.184. The second kappa shape index (κ2) is 6.48. The Morgan fingerprint density at radius 1 is 1.28 bits per heavy atom. The van der Waals surface area contributed by atoms with Gasteiger partial charge in [-0.15, -0.1) is 0 Å². The molecule has 8 heteroatoms. The summed E-state index contributed by atoms with van der Waals surface area (Å²) >= 11 is 6.13. The largest absolute Gasteiger partial charge is 0.439 e. The van der Waals surface area contributed by atoms with Crippen LogP contribution in [0.25, 0.3) is 11.1 Å². The summed E-state index contributed by atoms with van der Waals surface area (Å²) in [6.07, 6.45) is -0.594. The molecular weight excluding hydrogens is 350 g/mol. The lowest BCUT2D eigenvalue weighted by Crippen LogP contribution is -2.22. The predicted molar refractivity (Wildman–Crippen MR) is 87.0 cm³/mol. The summed E-state index contributed by atoms with van der Waals surface area (Å²) in [6.45, 7) is 4.35. The number of ketones is 1. The number of aryl methyl sites for hydroxylation is 1. The number of rotatable bonds is 5. The fourth-order valence-corrected chi connectivity index (χ4v) is 2.97. The van der Waals surface area contributed by atoms with Gasteiger partial charge in [0.15, 0.2) is 17.3 Å². The van der Waals surface area contributed by atoms with Gasteiger partial charge in [0, 0.05) is 32.3 Å². The smallest absolute Gasteiger partial charge is 0.312 e. The highest BCUT2D eigenvalue weighted by atomic mass is 35.5. The van der Waals surface area contributed by atoms with E-state index in [1.165, 1.54) is 19.9 Å². The molecule has 1 fully saturated rings. The molecule has 0 radical (unpaired) electrons. The second-order valence-electron chi connectivity index (χ2n) is 5.97. The van der Waals surface area contributed by atoms with Crippen molar-refractivity contribution >= 4 is 40.4 Å². The number of aromatic nitrogens is 1. The number of benzene rings is 1. The molecule has 1 saturated carbocycles. The zero-order chi connectivity index (χ0) is 18.3. The first-order chi connectivity index (χ1) is 11.8. The number of hydrogen-bond donors (Lipinski definition) is 0. The maximum atomic E-state index is 12.6. The molecule has 0 aliphatic heterocycles. The summed E-state index contributed by atoms with van der Waals surface area (Å²) in [5.74, 6) is -1.87. The van der Waals surface area contributed by atoms with Crippen LogP contribution in [0.15, 0.2) is 16.5 Å². The third-order valence-corrected chi connectivity index (χ3v) is 4.16. The van der Waals surface area contributed by atoms with Crippen molar-refractivity contribution < 1.29 is 28.3 Å². The number of nitrogens with zero attached hydrogens (tertiary/aromatic N) is 1. The van der Waals surface area contributed by atoms with Crippen molar-refractivity contribution in [3.8, 4) is 0 Å². The molecule has 2 aromatic rings. The summed E-state index contributed by atoms with van der Waals surface area (Å²) in [4.78, 5) is 39.6. The minimum absolute atomic E-state index is 0.202. The Hall–Kier alpha value is -2.41. The summed E-state index contributed by atoms with van der Waals surface area (Å²) < 4.78 is 15.1. The molecule has 1 heterocycles. The van der Waals surface area contributed by atoms with Crippen LogP contribution in [0.1, 0.15) is 36.5 Å².